The smallest absolute Gasteiger partial charge is 0.339 e. The molecule has 0 spiro atoms. The Kier molecular flexibility index (Phi) is 7.49. The van der Waals surface area contributed by atoms with Crippen molar-refractivity contribution in [1.29, 1.82) is 0 Å². The number of ketones is 1. The van der Waals surface area contributed by atoms with Crippen LogP contribution in [-0.2, 0) is 4.74 Å². The first kappa shape index (κ1) is 23.7. The fourth-order valence-corrected chi connectivity index (χ4v) is 3.16. The van der Waals surface area contributed by atoms with Crippen molar-refractivity contribution in [3.05, 3.63) is 69.2 Å². The average molecular weight is 429 g/mol. The third-order valence-corrected chi connectivity index (χ3v) is 4.50. The van der Waals surface area contributed by atoms with Crippen LogP contribution >= 0.6 is 11.6 Å². The second-order valence-electron chi connectivity index (χ2n) is 8.48. The van der Waals surface area contributed by atoms with Crippen LogP contribution in [0.1, 0.15) is 72.0 Å². The van der Waals surface area contributed by atoms with Gasteiger partial charge in [-0.25, -0.2) is 4.79 Å². The number of rotatable bonds is 6. The normalized spacial score (nSPS) is 11.8. The molecule has 5 heteroatoms. The molecule has 0 saturated carbocycles. The van der Waals surface area contributed by atoms with Crippen LogP contribution < -0.4 is 4.74 Å². The number of halogens is 1. The van der Waals surface area contributed by atoms with E-state index in [4.69, 9.17) is 21.1 Å². The number of esters is 1. The van der Waals surface area contributed by atoms with Crippen LogP contribution in [0.15, 0.2) is 36.4 Å². The molecule has 0 saturated heterocycles. The van der Waals surface area contributed by atoms with Crippen molar-refractivity contribution in [2.24, 2.45) is 0 Å². The van der Waals surface area contributed by atoms with Gasteiger partial charge in [0, 0.05) is 21.7 Å². The molecule has 4 nitrogen and oxygen atoms in total. The first-order chi connectivity index (χ1) is 13.9. The third-order valence-electron chi connectivity index (χ3n) is 4.24. The number of benzene rings is 2. The number of hydrogen-bond donors (Lipinski definition) is 0. The molecule has 2 aromatic rings. The molecule has 0 heterocycles. The van der Waals surface area contributed by atoms with Gasteiger partial charge in [-0.2, -0.15) is 0 Å². The zero-order valence-corrected chi connectivity index (χ0v) is 19.4. The van der Waals surface area contributed by atoms with Gasteiger partial charge < -0.3 is 9.47 Å². The molecule has 0 radical (unpaired) electrons. The Morgan fingerprint density at radius 2 is 1.67 bits per heavy atom. The first-order valence-corrected chi connectivity index (χ1v) is 10.3. The predicted molar refractivity (Wildman–Crippen MR) is 122 cm³/mol. The maximum absolute atomic E-state index is 12.8. The van der Waals surface area contributed by atoms with E-state index in [1.165, 1.54) is 6.08 Å². The molecule has 0 unspecified atom stereocenters. The van der Waals surface area contributed by atoms with Crippen LogP contribution in [0.25, 0.3) is 6.08 Å². The minimum Gasteiger partial charge on any atom is -0.490 e. The molecular weight excluding hydrogens is 400 g/mol. The number of aryl methyl sites for hydroxylation is 1. The number of carbonyl (C=O) groups is 2. The van der Waals surface area contributed by atoms with E-state index in [2.05, 4.69) is 0 Å². The van der Waals surface area contributed by atoms with Crippen molar-refractivity contribution >= 4 is 29.4 Å². The van der Waals surface area contributed by atoms with Crippen molar-refractivity contribution in [2.45, 2.75) is 60.2 Å². The topological polar surface area (TPSA) is 52.6 Å². The summed E-state index contributed by atoms with van der Waals surface area (Å²) in [7, 11) is 0. The van der Waals surface area contributed by atoms with Crippen LogP contribution in [0, 0.1) is 13.8 Å². The van der Waals surface area contributed by atoms with E-state index in [9.17, 15) is 9.59 Å². The van der Waals surface area contributed by atoms with Gasteiger partial charge >= 0.3 is 5.97 Å². The van der Waals surface area contributed by atoms with Gasteiger partial charge in [0.25, 0.3) is 0 Å². The van der Waals surface area contributed by atoms with Crippen LogP contribution in [-0.4, -0.2) is 23.5 Å². The van der Waals surface area contributed by atoms with Crippen molar-refractivity contribution in [3.63, 3.8) is 0 Å². The number of allylic oxidation sites excluding steroid dienone is 1. The zero-order chi connectivity index (χ0) is 22.6. The zero-order valence-electron chi connectivity index (χ0n) is 18.6. The van der Waals surface area contributed by atoms with Crippen LogP contribution in [0.2, 0.25) is 5.02 Å². The Hall–Kier alpha value is -2.59. The molecule has 0 aliphatic carbocycles. The number of carbonyl (C=O) groups excluding carboxylic acids is 2. The molecule has 0 atom stereocenters. The molecular formula is C25H29ClO4. The van der Waals surface area contributed by atoms with Crippen molar-refractivity contribution in [2.75, 3.05) is 0 Å². The second kappa shape index (κ2) is 9.48. The molecule has 2 rings (SSSR count). The van der Waals surface area contributed by atoms with Gasteiger partial charge in [0.1, 0.15) is 11.4 Å². The second-order valence-corrected chi connectivity index (χ2v) is 8.92. The predicted octanol–water partition coefficient (Wildman–Crippen LogP) is 6.60. The third kappa shape index (κ3) is 6.20. The Balaban J connectivity index is 2.47. The van der Waals surface area contributed by atoms with Gasteiger partial charge in [-0.15, -0.1) is 0 Å². The summed E-state index contributed by atoms with van der Waals surface area (Å²) in [6.07, 6.45) is 3.11. The fraction of sp³-hybridized carbons (Fsp3) is 0.360. The fourth-order valence-electron chi connectivity index (χ4n) is 3.03. The monoisotopic (exact) mass is 428 g/mol. The lowest BCUT2D eigenvalue weighted by atomic mass is 9.96. The van der Waals surface area contributed by atoms with E-state index in [-0.39, 0.29) is 17.9 Å². The molecule has 0 aromatic heterocycles. The molecule has 160 valence electrons. The Morgan fingerprint density at radius 1 is 1.07 bits per heavy atom. The summed E-state index contributed by atoms with van der Waals surface area (Å²) < 4.78 is 11.6. The largest absolute Gasteiger partial charge is 0.490 e. The molecule has 2 aromatic carbocycles. The highest BCUT2D eigenvalue weighted by Crippen LogP contribution is 2.33. The minimum absolute atomic E-state index is 0.1000. The lowest BCUT2D eigenvalue weighted by molar-refractivity contribution is 0.00671. The lowest BCUT2D eigenvalue weighted by Gasteiger charge is -2.23. The van der Waals surface area contributed by atoms with E-state index in [0.29, 0.717) is 27.5 Å². The lowest BCUT2D eigenvalue weighted by Crippen LogP contribution is -2.25. The van der Waals surface area contributed by atoms with Gasteiger partial charge in [0.15, 0.2) is 5.78 Å². The highest BCUT2D eigenvalue weighted by molar-refractivity contribution is 6.30. The quantitative estimate of drug-likeness (QED) is 0.295. The van der Waals surface area contributed by atoms with E-state index < -0.39 is 5.60 Å². The van der Waals surface area contributed by atoms with Gasteiger partial charge in [-0.05, 0) is 96.5 Å². The van der Waals surface area contributed by atoms with Crippen LogP contribution in [0.5, 0.6) is 5.75 Å². The summed E-state index contributed by atoms with van der Waals surface area (Å²) in [5.74, 6) is 0.0316. The molecule has 0 N–H and O–H groups in total. The molecule has 0 aliphatic heterocycles. The first-order valence-electron chi connectivity index (χ1n) is 9.91. The molecule has 0 fully saturated rings. The van der Waals surface area contributed by atoms with E-state index in [1.54, 1.807) is 30.3 Å². The van der Waals surface area contributed by atoms with Gasteiger partial charge in [-0.1, -0.05) is 11.6 Å². The SMILES string of the molecule is Cc1cc(/C=C/C(=O)c2ccc(Cl)cc2)c(OC(C)C)c(C)c1C(=O)OC(C)(C)C. The minimum atomic E-state index is -0.599. The van der Waals surface area contributed by atoms with Gasteiger partial charge in [0.05, 0.1) is 11.7 Å². The maximum Gasteiger partial charge on any atom is 0.339 e. The highest BCUT2D eigenvalue weighted by atomic mass is 35.5. The summed E-state index contributed by atoms with van der Waals surface area (Å²) in [6.45, 7) is 13.0. The van der Waals surface area contributed by atoms with Crippen molar-refractivity contribution in [3.8, 4) is 5.75 Å². The van der Waals surface area contributed by atoms with Gasteiger partial charge in [-0.3, -0.25) is 4.79 Å². The standard InChI is InChI=1S/C25H29ClO4/c1-15(2)29-23-17(4)22(24(28)30-25(5,6)7)16(3)14-19(23)10-13-21(27)18-8-11-20(26)12-9-18/h8-15H,1-7H3/b13-10+. The van der Waals surface area contributed by atoms with E-state index in [0.717, 1.165) is 11.1 Å². The molecule has 0 bridgehead atoms. The summed E-state index contributed by atoms with van der Waals surface area (Å²) >= 11 is 5.89. The number of ether oxygens (including phenoxy) is 2. The molecule has 0 amide bonds. The summed E-state index contributed by atoms with van der Waals surface area (Å²) in [4.78, 5) is 25.3. The Bertz CT molecular complexity index is 964. The van der Waals surface area contributed by atoms with Crippen molar-refractivity contribution < 1.29 is 19.1 Å². The highest BCUT2D eigenvalue weighted by Gasteiger charge is 2.24. The van der Waals surface area contributed by atoms with E-state index in [1.807, 2.05) is 54.5 Å². The average Bonchev–Trinajstić information content (AvgIpc) is 2.61. The maximum atomic E-state index is 12.8. The van der Waals surface area contributed by atoms with Crippen LogP contribution in [0.4, 0.5) is 0 Å². The van der Waals surface area contributed by atoms with Crippen molar-refractivity contribution in [1.82, 2.24) is 0 Å². The van der Waals surface area contributed by atoms with Gasteiger partial charge in [0.2, 0.25) is 0 Å². The summed E-state index contributed by atoms with van der Waals surface area (Å²) in [6, 6.07) is 8.57. The molecule has 30 heavy (non-hydrogen) atoms. The molecule has 0 aliphatic rings. The number of hydrogen-bond acceptors (Lipinski definition) is 4. The Labute approximate surface area is 183 Å². The summed E-state index contributed by atoms with van der Waals surface area (Å²) in [5.41, 5.74) is 2.61. The van der Waals surface area contributed by atoms with Crippen LogP contribution in [0.3, 0.4) is 0 Å². The Morgan fingerprint density at radius 3 is 2.20 bits per heavy atom. The summed E-state index contributed by atoms with van der Waals surface area (Å²) in [5, 5.41) is 0.576. The van der Waals surface area contributed by atoms with E-state index >= 15 is 0 Å².